The molecule has 5 rings (SSSR count). The third-order valence-corrected chi connectivity index (χ3v) is 8.96. The molecule has 3 fully saturated rings. The number of furan rings is 1. The molecule has 1 heteroatoms. The topological polar surface area (TPSA) is 13.1 Å². The van der Waals surface area contributed by atoms with Gasteiger partial charge in [0.15, 0.2) is 0 Å². The SMILES string of the molecule is C[C@]12CC[C@H]3[C@@H](CC=C4CCCC[C@@]43C)[C@@H]1CC[C@@H]2c1ccoc1. The Labute approximate surface area is 146 Å². The molecule has 24 heavy (non-hydrogen) atoms. The standard InChI is InChI=1S/C23H32O/c1-22-12-4-3-5-17(22)6-7-18-20-9-8-19(16-11-14-24-15-16)23(20,2)13-10-21(18)22/h6,11,14-15,18-21H,3-5,7-10,12-13H2,1-2H3/t18-,19+,20-,21-,22-,23+/m0/s1. The summed E-state index contributed by atoms with van der Waals surface area (Å²) in [5.41, 5.74) is 4.34. The minimum Gasteiger partial charge on any atom is -0.472 e. The van der Waals surface area contributed by atoms with Gasteiger partial charge in [0.1, 0.15) is 0 Å². The van der Waals surface area contributed by atoms with Gasteiger partial charge in [-0.15, -0.1) is 0 Å². The Bertz CT molecular complexity index is 641. The highest BCUT2D eigenvalue weighted by Gasteiger charge is 2.58. The summed E-state index contributed by atoms with van der Waals surface area (Å²) in [5.74, 6) is 3.55. The first-order chi connectivity index (χ1) is 11.6. The van der Waals surface area contributed by atoms with Gasteiger partial charge < -0.3 is 4.42 Å². The molecule has 0 amide bonds. The largest absolute Gasteiger partial charge is 0.472 e. The van der Waals surface area contributed by atoms with Gasteiger partial charge in [-0.3, -0.25) is 0 Å². The zero-order valence-electron chi connectivity index (χ0n) is 15.4. The summed E-state index contributed by atoms with van der Waals surface area (Å²) in [6.45, 7) is 5.24. The molecule has 1 aromatic heterocycles. The summed E-state index contributed by atoms with van der Waals surface area (Å²) in [4.78, 5) is 0. The fraction of sp³-hybridized carbons (Fsp3) is 0.739. The molecule has 0 N–H and O–H groups in total. The van der Waals surface area contributed by atoms with E-state index in [0.717, 1.165) is 23.7 Å². The van der Waals surface area contributed by atoms with Gasteiger partial charge in [0.05, 0.1) is 12.5 Å². The van der Waals surface area contributed by atoms with Crippen molar-refractivity contribution in [3.05, 3.63) is 35.8 Å². The van der Waals surface area contributed by atoms with Gasteiger partial charge in [0.25, 0.3) is 0 Å². The molecule has 0 aliphatic heterocycles. The van der Waals surface area contributed by atoms with E-state index in [0.29, 0.717) is 10.8 Å². The average molecular weight is 325 g/mol. The molecule has 0 radical (unpaired) electrons. The van der Waals surface area contributed by atoms with Crippen molar-refractivity contribution in [1.82, 2.24) is 0 Å². The summed E-state index contributed by atoms with van der Waals surface area (Å²) >= 11 is 0. The van der Waals surface area contributed by atoms with Crippen molar-refractivity contribution < 1.29 is 4.42 Å². The van der Waals surface area contributed by atoms with E-state index >= 15 is 0 Å². The second kappa shape index (κ2) is 5.26. The lowest BCUT2D eigenvalue weighted by atomic mass is 9.47. The second-order valence-corrected chi connectivity index (χ2v) is 9.70. The van der Waals surface area contributed by atoms with Crippen molar-refractivity contribution >= 4 is 0 Å². The third-order valence-electron chi connectivity index (χ3n) is 8.96. The Hall–Kier alpha value is -0.980. The predicted molar refractivity (Wildman–Crippen MR) is 97.8 cm³/mol. The molecule has 0 bridgehead atoms. The van der Waals surface area contributed by atoms with Gasteiger partial charge in [0, 0.05) is 0 Å². The van der Waals surface area contributed by atoms with Crippen LogP contribution in [-0.2, 0) is 0 Å². The summed E-state index contributed by atoms with van der Waals surface area (Å²) in [7, 11) is 0. The van der Waals surface area contributed by atoms with Crippen LogP contribution in [0.1, 0.15) is 83.1 Å². The zero-order valence-corrected chi connectivity index (χ0v) is 15.4. The molecule has 4 aliphatic rings. The summed E-state index contributed by atoms with van der Waals surface area (Å²) in [5, 5.41) is 0. The Kier molecular flexibility index (Phi) is 3.35. The molecule has 0 spiro atoms. The number of rotatable bonds is 1. The van der Waals surface area contributed by atoms with Gasteiger partial charge in [-0.2, -0.15) is 0 Å². The van der Waals surface area contributed by atoms with Crippen LogP contribution in [-0.4, -0.2) is 0 Å². The smallest absolute Gasteiger partial charge is 0.0937 e. The van der Waals surface area contributed by atoms with Gasteiger partial charge >= 0.3 is 0 Å². The maximum Gasteiger partial charge on any atom is 0.0937 e. The Morgan fingerprint density at radius 3 is 2.79 bits per heavy atom. The second-order valence-electron chi connectivity index (χ2n) is 9.70. The van der Waals surface area contributed by atoms with E-state index in [1.807, 2.05) is 18.1 Å². The molecule has 1 aromatic rings. The van der Waals surface area contributed by atoms with Crippen molar-refractivity contribution in [3.63, 3.8) is 0 Å². The van der Waals surface area contributed by atoms with E-state index in [9.17, 15) is 0 Å². The summed E-state index contributed by atoms with van der Waals surface area (Å²) < 4.78 is 5.44. The lowest BCUT2D eigenvalue weighted by Crippen LogP contribution is -2.49. The van der Waals surface area contributed by atoms with Crippen LogP contribution < -0.4 is 0 Å². The van der Waals surface area contributed by atoms with Crippen LogP contribution in [0.15, 0.2) is 34.7 Å². The quantitative estimate of drug-likeness (QED) is 0.523. The normalized spacial score (nSPS) is 47.5. The van der Waals surface area contributed by atoms with Crippen LogP contribution in [0.4, 0.5) is 0 Å². The van der Waals surface area contributed by atoms with Crippen LogP contribution in [0.25, 0.3) is 0 Å². The molecule has 0 aromatic carbocycles. The molecule has 4 aliphatic carbocycles. The number of fused-ring (bicyclic) bond motifs is 5. The molecule has 0 unspecified atom stereocenters. The van der Waals surface area contributed by atoms with Crippen LogP contribution >= 0.6 is 0 Å². The maximum absolute atomic E-state index is 5.44. The fourth-order valence-corrected chi connectivity index (χ4v) is 7.72. The summed E-state index contributed by atoms with van der Waals surface area (Å²) in [6.07, 6.45) is 19.4. The zero-order chi connectivity index (χ0) is 16.4. The predicted octanol–water partition coefficient (Wildman–Crippen LogP) is 6.72. The van der Waals surface area contributed by atoms with Crippen LogP contribution in [0.2, 0.25) is 0 Å². The van der Waals surface area contributed by atoms with Gasteiger partial charge in [0.2, 0.25) is 0 Å². The van der Waals surface area contributed by atoms with Crippen LogP contribution in [0, 0.1) is 28.6 Å². The van der Waals surface area contributed by atoms with Crippen molar-refractivity contribution in [1.29, 1.82) is 0 Å². The van der Waals surface area contributed by atoms with E-state index in [1.165, 1.54) is 63.4 Å². The first-order valence-electron chi connectivity index (χ1n) is 10.3. The molecule has 3 saturated carbocycles. The highest BCUT2D eigenvalue weighted by atomic mass is 16.3. The first kappa shape index (κ1) is 15.3. The highest BCUT2D eigenvalue weighted by Crippen LogP contribution is 2.67. The highest BCUT2D eigenvalue weighted by molar-refractivity contribution is 5.27. The number of hydrogen-bond acceptors (Lipinski definition) is 1. The van der Waals surface area contributed by atoms with Crippen molar-refractivity contribution in [2.24, 2.45) is 28.6 Å². The Morgan fingerprint density at radius 2 is 1.96 bits per heavy atom. The number of hydrogen-bond donors (Lipinski definition) is 0. The van der Waals surface area contributed by atoms with Crippen LogP contribution in [0.5, 0.6) is 0 Å². The lowest BCUT2D eigenvalue weighted by molar-refractivity contribution is -0.0308. The van der Waals surface area contributed by atoms with E-state index in [4.69, 9.17) is 4.42 Å². The van der Waals surface area contributed by atoms with Gasteiger partial charge in [-0.1, -0.05) is 31.9 Å². The van der Waals surface area contributed by atoms with Crippen molar-refractivity contribution in [2.75, 3.05) is 0 Å². The molecular weight excluding hydrogens is 292 g/mol. The minimum absolute atomic E-state index is 0.501. The molecule has 0 saturated heterocycles. The van der Waals surface area contributed by atoms with Gasteiger partial charge in [-0.05, 0) is 97.5 Å². The molecule has 1 heterocycles. The lowest BCUT2D eigenvalue weighted by Gasteiger charge is -2.57. The monoisotopic (exact) mass is 324 g/mol. The van der Waals surface area contributed by atoms with E-state index in [-0.39, 0.29) is 0 Å². The van der Waals surface area contributed by atoms with E-state index in [1.54, 1.807) is 0 Å². The van der Waals surface area contributed by atoms with Crippen molar-refractivity contribution in [2.45, 2.75) is 77.6 Å². The molecule has 6 atom stereocenters. The number of allylic oxidation sites excluding steroid dienone is 2. The van der Waals surface area contributed by atoms with E-state index < -0.39 is 0 Å². The fourth-order valence-electron chi connectivity index (χ4n) is 7.72. The van der Waals surface area contributed by atoms with E-state index in [2.05, 4.69) is 26.0 Å². The molecule has 130 valence electrons. The first-order valence-corrected chi connectivity index (χ1v) is 10.3. The maximum atomic E-state index is 5.44. The molecular formula is C23H32O. The van der Waals surface area contributed by atoms with Crippen LogP contribution in [0.3, 0.4) is 0 Å². The average Bonchev–Trinajstić information content (AvgIpc) is 3.20. The van der Waals surface area contributed by atoms with Crippen molar-refractivity contribution in [3.8, 4) is 0 Å². The summed E-state index contributed by atoms with van der Waals surface area (Å²) in [6, 6.07) is 2.23. The Morgan fingerprint density at radius 1 is 1.04 bits per heavy atom. The Balaban J connectivity index is 1.49. The van der Waals surface area contributed by atoms with Gasteiger partial charge in [-0.25, -0.2) is 0 Å². The molecule has 1 nitrogen and oxygen atoms in total. The third kappa shape index (κ3) is 1.93. The minimum atomic E-state index is 0.501.